The maximum absolute atomic E-state index is 12.6. The lowest BCUT2D eigenvalue weighted by molar-refractivity contribution is -0.146. The van der Waals surface area contributed by atoms with Crippen LogP contribution in [0.5, 0.6) is 0 Å². The third-order valence-electron chi connectivity index (χ3n) is 5.55. The van der Waals surface area contributed by atoms with Crippen LogP contribution in [-0.2, 0) is 19.1 Å². The van der Waals surface area contributed by atoms with E-state index in [1.165, 1.54) is 0 Å². The van der Waals surface area contributed by atoms with Gasteiger partial charge in [0.2, 0.25) is 5.91 Å². The van der Waals surface area contributed by atoms with Crippen LogP contribution in [0.2, 0.25) is 0 Å². The Morgan fingerprint density at radius 1 is 0.969 bits per heavy atom. The van der Waals surface area contributed by atoms with Crippen LogP contribution in [0.1, 0.15) is 30.9 Å². The number of fused-ring (bicyclic) bond motifs is 3. The number of carbonyl (C=O) groups excluding carboxylic acids is 3. The van der Waals surface area contributed by atoms with Gasteiger partial charge in [-0.05, 0) is 28.2 Å². The third-order valence-corrected chi connectivity index (χ3v) is 5.55. The largest absolute Gasteiger partial charge is 0.467 e. The summed E-state index contributed by atoms with van der Waals surface area (Å²) < 4.78 is 10.1. The van der Waals surface area contributed by atoms with Crippen molar-refractivity contribution in [2.45, 2.75) is 31.8 Å². The number of amides is 2. The molecule has 2 atom stereocenters. The molecule has 0 saturated carbocycles. The number of ether oxygens (including phenoxy) is 2. The van der Waals surface area contributed by atoms with Gasteiger partial charge in [-0.15, -0.1) is 0 Å². The Hall–Kier alpha value is -3.39. The number of methoxy groups -OCH3 is 1. The SMILES string of the molecule is COC(=O)[C@H](CO)NC(=O)[C@@H](NC(=O)OCC1c2ccccc2-c2ccccc21)C(C)C. The van der Waals surface area contributed by atoms with E-state index >= 15 is 0 Å². The van der Waals surface area contributed by atoms with E-state index in [1.54, 1.807) is 13.8 Å². The van der Waals surface area contributed by atoms with Gasteiger partial charge in [0.25, 0.3) is 0 Å². The first-order valence-corrected chi connectivity index (χ1v) is 10.5. The van der Waals surface area contributed by atoms with Crippen LogP contribution in [-0.4, -0.2) is 55.5 Å². The lowest BCUT2D eigenvalue weighted by atomic mass is 9.98. The van der Waals surface area contributed by atoms with E-state index in [9.17, 15) is 19.5 Å². The standard InChI is InChI=1S/C24H28N2O6/c1-14(2)21(22(28)25-20(12-27)23(29)31-3)26-24(30)32-13-19-17-10-6-4-8-15(17)16-9-5-7-11-18(16)19/h4-11,14,19-21,27H,12-13H2,1-3H3,(H,25,28)(H,26,30)/t20-,21-/m0/s1. The van der Waals surface area contributed by atoms with Crippen LogP contribution < -0.4 is 10.6 Å². The molecule has 3 rings (SSSR count). The lowest BCUT2D eigenvalue weighted by Gasteiger charge is -2.24. The zero-order valence-corrected chi connectivity index (χ0v) is 18.3. The molecule has 8 nitrogen and oxygen atoms in total. The molecule has 8 heteroatoms. The van der Waals surface area contributed by atoms with Crippen LogP contribution in [0.25, 0.3) is 11.1 Å². The molecule has 0 aliphatic heterocycles. The molecule has 0 radical (unpaired) electrons. The molecule has 170 valence electrons. The van der Waals surface area contributed by atoms with Gasteiger partial charge in [-0.2, -0.15) is 0 Å². The van der Waals surface area contributed by atoms with Crippen LogP contribution in [0.4, 0.5) is 4.79 Å². The number of nitrogens with one attached hydrogen (secondary N) is 2. The molecule has 2 aromatic rings. The summed E-state index contributed by atoms with van der Waals surface area (Å²) in [6, 6.07) is 13.8. The van der Waals surface area contributed by atoms with Crippen molar-refractivity contribution in [3.05, 3.63) is 59.7 Å². The summed E-state index contributed by atoms with van der Waals surface area (Å²) in [5, 5.41) is 14.3. The summed E-state index contributed by atoms with van der Waals surface area (Å²) in [6.07, 6.45) is -0.737. The quantitative estimate of drug-likeness (QED) is 0.543. The van der Waals surface area contributed by atoms with Crippen LogP contribution in [0.3, 0.4) is 0 Å². The highest BCUT2D eigenvalue weighted by atomic mass is 16.5. The van der Waals surface area contributed by atoms with E-state index in [4.69, 9.17) is 4.74 Å². The molecule has 0 aromatic heterocycles. The van der Waals surface area contributed by atoms with Gasteiger partial charge in [0.15, 0.2) is 6.04 Å². The molecule has 1 aliphatic carbocycles. The maximum Gasteiger partial charge on any atom is 0.407 e. The van der Waals surface area contributed by atoms with Gasteiger partial charge < -0.3 is 25.2 Å². The van der Waals surface area contributed by atoms with Crippen molar-refractivity contribution < 1.29 is 29.0 Å². The number of aliphatic hydroxyl groups is 1. The average molecular weight is 440 g/mol. The van der Waals surface area contributed by atoms with E-state index in [1.807, 2.05) is 48.5 Å². The van der Waals surface area contributed by atoms with Crippen molar-refractivity contribution in [1.29, 1.82) is 0 Å². The summed E-state index contributed by atoms with van der Waals surface area (Å²) in [5.74, 6) is -1.77. The first kappa shape index (κ1) is 23.3. The molecular weight excluding hydrogens is 412 g/mol. The number of hydrogen-bond acceptors (Lipinski definition) is 6. The van der Waals surface area contributed by atoms with Gasteiger partial charge >= 0.3 is 12.1 Å². The highest BCUT2D eigenvalue weighted by molar-refractivity contribution is 5.90. The van der Waals surface area contributed by atoms with E-state index in [-0.39, 0.29) is 18.4 Å². The van der Waals surface area contributed by atoms with Gasteiger partial charge in [0, 0.05) is 5.92 Å². The Bertz CT molecular complexity index is 944. The fourth-order valence-corrected chi connectivity index (χ4v) is 3.88. The van der Waals surface area contributed by atoms with Gasteiger partial charge in [0.1, 0.15) is 12.6 Å². The maximum atomic E-state index is 12.6. The number of rotatable bonds is 8. The number of hydrogen-bond donors (Lipinski definition) is 3. The molecule has 0 unspecified atom stereocenters. The van der Waals surface area contributed by atoms with Crippen molar-refractivity contribution in [2.75, 3.05) is 20.3 Å². The Labute approximate surface area is 186 Å². The van der Waals surface area contributed by atoms with Crippen molar-refractivity contribution >= 4 is 18.0 Å². The van der Waals surface area contributed by atoms with Crippen LogP contribution >= 0.6 is 0 Å². The second-order valence-electron chi connectivity index (χ2n) is 7.96. The number of benzene rings is 2. The van der Waals surface area contributed by atoms with Crippen molar-refractivity contribution in [2.24, 2.45) is 5.92 Å². The summed E-state index contributed by atoms with van der Waals surface area (Å²) >= 11 is 0. The normalized spacial score (nSPS) is 14.2. The van der Waals surface area contributed by atoms with Gasteiger partial charge in [-0.25, -0.2) is 9.59 Å². The van der Waals surface area contributed by atoms with Crippen molar-refractivity contribution in [3.8, 4) is 11.1 Å². The highest BCUT2D eigenvalue weighted by Crippen LogP contribution is 2.44. The highest BCUT2D eigenvalue weighted by Gasteiger charge is 2.31. The Kier molecular flexibility index (Phi) is 7.48. The first-order chi connectivity index (χ1) is 15.4. The number of aliphatic hydroxyl groups excluding tert-OH is 1. The average Bonchev–Trinajstić information content (AvgIpc) is 3.12. The molecule has 0 bridgehead atoms. The predicted molar refractivity (Wildman–Crippen MR) is 118 cm³/mol. The smallest absolute Gasteiger partial charge is 0.407 e. The Morgan fingerprint density at radius 2 is 1.53 bits per heavy atom. The minimum atomic E-state index is -1.21. The zero-order chi connectivity index (χ0) is 23.3. The van der Waals surface area contributed by atoms with Gasteiger partial charge in [-0.1, -0.05) is 62.4 Å². The molecule has 1 aliphatic rings. The van der Waals surface area contributed by atoms with Crippen molar-refractivity contribution in [3.63, 3.8) is 0 Å². The van der Waals surface area contributed by atoms with Crippen molar-refractivity contribution in [1.82, 2.24) is 10.6 Å². The zero-order valence-electron chi connectivity index (χ0n) is 18.3. The fourth-order valence-electron chi connectivity index (χ4n) is 3.88. The molecule has 0 heterocycles. The number of esters is 1. The fraction of sp³-hybridized carbons (Fsp3) is 0.375. The van der Waals surface area contributed by atoms with Gasteiger partial charge in [0.05, 0.1) is 13.7 Å². The van der Waals surface area contributed by atoms with Crippen LogP contribution in [0.15, 0.2) is 48.5 Å². The summed E-state index contributed by atoms with van der Waals surface area (Å²) in [4.78, 5) is 36.8. The summed E-state index contributed by atoms with van der Waals surface area (Å²) in [5.41, 5.74) is 4.41. The van der Waals surface area contributed by atoms with Gasteiger partial charge in [-0.3, -0.25) is 4.79 Å². The minimum absolute atomic E-state index is 0.0995. The minimum Gasteiger partial charge on any atom is -0.467 e. The molecule has 3 N–H and O–H groups in total. The summed E-state index contributed by atoms with van der Waals surface area (Å²) in [6.45, 7) is 3.00. The monoisotopic (exact) mass is 440 g/mol. The van der Waals surface area contributed by atoms with E-state index in [0.29, 0.717) is 0 Å². The van der Waals surface area contributed by atoms with E-state index < -0.39 is 36.7 Å². The molecule has 2 amide bonds. The predicted octanol–water partition coefficient (Wildman–Crippen LogP) is 2.20. The molecule has 0 saturated heterocycles. The van der Waals surface area contributed by atoms with Crippen LogP contribution in [0, 0.1) is 5.92 Å². The number of carbonyl (C=O) groups is 3. The second kappa shape index (κ2) is 10.3. The second-order valence-corrected chi connectivity index (χ2v) is 7.96. The Morgan fingerprint density at radius 3 is 2.03 bits per heavy atom. The Balaban J connectivity index is 1.65. The summed E-state index contributed by atoms with van der Waals surface area (Å²) in [7, 11) is 1.16. The lowest BCUT2D eigenvalue weighted by Crippen LogP contribution is -2.54. The molecule has 2 aromatic carbocycles. The first-order valence-electron chi connectivity index (χ1n) is 10.5. The van der Waals surface area contributed by atoms with E-state index in [0.717, 1.165) is 29.4 Å². The van der Waals surface area contributed by atoms with E-state index in [2.05, 4.69) is 15.4 Å². The molecule has 0 fully saturated rings. The molecule has 0 spiro atoms. The number of alkyl carbamates (subject to hydrolysis) is 1. The molecule has 32 heavy (non-hydrogen) atoms. The third kappa shape index (κ3) is 4.91. The topological polar surface area (TPSA) is 114 Å². The molecular formula is C24H28N2O6.